The number of amides is 1. The number of aliphatic hydroxyl groups excluding tert-OH is 1. The number of aliphatic hydroxyl groups is 1. The number of hydrogen-bond acceptors (Lipinski definition) is 4. The summed E-state index contributed by atoms with van der Waals surface area (Å²) in [6.07, 6.45) is 6.63. The molecule has 2 rings (SSSR count). The average molecular weight is 291 g/mol. The maximum absolute atomic E-state index is 12.8. The van der Waals surface area contributed by atoms with Crippen LogP contribution in [0.1, 0.15) is 49.4 Å². The van der Waals surface area contributed by atoms with E-state index in [2.05, 4.69) is 17.2 Å². The Hall–Kier alpha value is -1.62. The van der Waals surface area contributed by atoms with Gasteiger partial charge in [-0.05, 0) is 44.2 Å². The summed E-state index contributed by atoms with van der Waals surface area (Å²) in [5, 5.41) is 12.3. The van der Waals surface area contributed by atoms with Crippen molar-refractivity contribution < 1.29 is 9.90 Å². The number of carbonyl (C=O) groups is 1. The van der Waals surface area contributed by atoms with Crippen LogP contribution in [0.15, 0.2) is 18.3 Å². The third-order valence-electron chi connectivity index (χ3n) is 3.91. The smallest absolute Gasteiger partial charge is 0.257 e. The average Bonchev–Trinajstić information content (AvgIpc) is 2.47. The van der Waals surface area contributed by atoms with Crippen molar-refractivity contribution in [2.45, 2.75) is 45.1 Å². The van der Waals surface area contributed by atoms with Crippen molar-refractivity contribution in [3.05, 3.63) is 23.9 Å². The highest BCUT2D eigenvalue weighted by molar-refractivity contribution is 5.99. The number of pyridine rings is 1. The topological polar surface area (TPSA) is 65.5 Å². The molecular weight excluding hydrogens is 266 g/mol. The number of rotatable bonds is 8. The molecule has 0 saturated heterocycles. The Bertz CT molecular complexity index is 461. The predicted molar refractivity (Wildman–Crippen MR) is 83.4 cm³/mol. The highest BCUT2D eigenvalue weighted by Gasteiger charge is 2.30. The Labute approximate surface area is 126 Å². The zero-order valence-electron chi connectivity index (χ0n) is 12.7. The maximum atomic E-state index is 12.8. The largest absolute Gasteiger partial charge is 0.396 e. The summed E-state index contributed by atoms with van der Waals surface area (Å²) in [7, 11) is 0. The van der Waals surface area contributed by atoms with Crippen molar-refractivity contribution in [1.82, 2.24) is 9.88 Å². The molecule has 5 nitrogen and oxygen atoms in total. The van der Waals surface area contributed by atoms with Crippen molar-refractivity contribution in [3.8, 4) is 0 Å². The molecule has 1 aromatic rings. The second-order valence-electron chi connectivity index (χ2n) is 5.49. The van der Waals surface area contributed by atoms with Gasteiger partial charge in [-0.2, -0.15) is 0 Å². The lowest BCUT2D eigenvalue weighted by molar-refractivity contribution is 0.0563. The van der Waals surface area contributed by atoms with Crippen LogP contribution in [0.5, 0.6) is 0 Å². The Balaban J connectivity index is 2.15. The second-order valence-corrected chi connectivity index (χ2v) is 5.49. The predicted octanol–water partition coefficient (Wildman–Crippen LogP) is 2.28. The molecule has 0 radical (unpaired) electrons. The van der Waals surface area contributed by atoms with E-state index in [1.165, 1.54) is 6.42 Å². The minimum absolute atomic E-state index is 0.0276. The van der Waals surface area contributed by atoms with Gasteiger partial charge in [-0.25, -0.2) is 4.98 Å². The Morgan fingerprint density at radius 2 is 2.33 bits per heavy atom. The van der Waals surface area contributed by atoms with E-state index in [1.54, 1.807) is 12.3 Å². The number of nitrogens with zero attached hydrogens (tertiary/aromatic N) is 2. The molecule has 0 bridgehead atoms. The maximum Gasteiger partial charge on any atom is 0.257 e. The molecule has 5 heteroatoms. The zero-order chi connectivity index (χ0) is 15.1. The van der Waals surface area contributed by atoms with E-state index in [0.29, 0.717) is 30.4 Å². The molecule has 1 fully saturated rings. The van der Waals surface area contributed by atoms with Gasteiger partial charge in [0.15, 0.2) is 0 Å². The van der Waals surface area contributed by atoms with Crippen molar-refractivity contribution in [3.63, 3.8) is 0 Å². The first-order valence-corrected chi connectivity index (χ1v) is 7.88. The summed E-state index contributed by atoms with van der Waals surface area (Å²) in [5.41, 5.74) is 0.635. The molecule has 0 spiro atoms. The molecule has 0 unspecified atom stereocenters. The van der Waals surface area contributed by atoms with Crippen LogP contribution in [-0.4, -0.2) is 46.6 Å². The van der Waals surface area contributed by atoms with Gasteiger partial charge in [0.25, 0.3) is 5.91 Å². The van der Waals surface area contributed by atoms with E-state index in [9.17, 15) is 4.79 Å². The van der Waals surface area contributed by atoms with Crippen LogP contribution in [0.4, 0.5) is 5.82 Å². The van der Waals surface area contributed by atoms with Crippen LogP contribution in [0.25, 0.3) is 0 Å². The van der Waals surface area contributed by atoms with Crippen molar-refractivity contribution in [2.75, 3.05) is 25.0 Å². The third kappa shape index (κ3) is 3.94. The normalized spacial score (nSPS) is 14.6. The number of nitrogens with one attached hydrogen (secondary N) is 1. The van der Waals surface area contributed by atoms with Crippen LogP contribution < -0.4 is 5.32 Å². The fourth-order valence-corrected chi connectivity index (χ4v) is 2.51. The summed E-state index contributed by atoms with van der Waals surface area (Å²) >= 11 is 0. The molecule has 0 atom stereocenters. The first-order valence-electron chi connectivity index (χ1n) is 7.88. The van der Waals surface area contributed by atoms with Gasteiger partial charge in [0.05, 0.1) is 5.56 Å². The van der Waals surface area contributed by atoms with Crippen molar-refractivity contribution in [2.24, 2.45) is 0 Å². The summed E-state index contributed by atoms with van der Waals surface area (Å²) in [5.74, 6) is 0.692. The summed E-state index contributed by atoms with van der Waals surface area (Å²) in [6, 6.07) is 3.95. The Morgan fingerprint density at radius 1 is 1.52 bits per heavy atom. The monoisotopic (exact) mass is 291 g/mol. The number of anilines is 1. The first-order chi connectivity index (χ1) is 10.3. The molecule has 1 saturated carbocycles. The van der Waals surface area contributed by atoms with Gasteiger partial charge < -0.3 is 15.3 Å². The van der Waals surface area contributed by atoms with Crippen LogP contribution in [0, 0.1) is 0 Å². The highest BCUT2D eigenvalue weighted by atomic mass is 16.3. The Kier molecular flexibility index (Phi) is 5.99. The molecule has 1 heterocycles. The molecular formula is C16H25N3O2. The highest BCUT2D eigenvalue weighted by Crippen LogP contribution is 2.27. The lowest BCUT2D eigenvalue weighted by Gasteiger charge is -2.37. The third-order valence-corrected chi connectivity index (χ3v) is 3.91. The Morgan fingerprint density at radius 3 is 2.95 bits per heavy atom. The van der Waals surface area contributed by atoms with Gasteiger partial charge in [0.1, 0.15) is 5.82 Å². The van der Waals surface area contributed by atoms with Crippen LogP contribution in [-0.2, 0) is 0 Å². The standard InChI is InChI=1S/C16H25N3O2/c1-2-9-17-15-14(8-4-10-18-15)16(21)19(11-5-12-20)13-6-3-7-13/h4,8,10,13,20H,2-3,5-7,9,11-12H2,1H3,(H,17,18). The van der Waals surface area contributed by atoms with Crippen LogP contribution in [0.2, 0.25) is 0 Å². The molecule has 116 valence electrons. The van der Waals surface area contributed by atoms with Gasteiger partial charge in [-0.15, -0.1) is 0 Å². The lowest BCUT2D eigenvalue weighted by Crippen LogP contribution is -2.45. The van der Waals surface area contributed by atoms with Gasteiger partial charge in [0, 0.05) is 31.9 Å². The fourth-order valence-electron chi connectivity index (χ4n) is 2.51. The minimum Gasteiger partial charge on any atom is -0.396 e. The molecule has 0 aromatic carbocycles. The molecule has 1 aromatic heterocycles. The van der Waals surface area contributed by atoms with E-state index in [1.807, 2.05) is 11.0 Å². The minimum atomic E-state index is 0.0276. The van der Waals surface area contributed by atoms with Crippen molar-refractivity contribution >= 4 is 11.7 Å². The second kappa shape index (κ2) is 7.98. The van der Waals surface area contributed by atoms with E-state index in [0.717, 1.165) is 25.8 Å². The van der Waals surface area contributed by atoms with Gasteiger partial charge in [-0.3, -0.25) is 4.79 Å². The summed E-state index contributed by atoms with van der Waals surface area (Å²) in [6.45, 7) is 3.61. The summed E-state index contributed by atoms with van der Waals surface area (Å²) < 4.78 is 0. The van der Waals surface area contributed by atoms with E-state index >= 15 is 0 Å². The SMILES string of the molecule is CCCNc1ncccc1C(=O)N(CCCO)C1CCC1. The zero-order valence-corrected chi connectivity index (χ0v) is 12.7. The van der Waals surface area contributed by atoms with E-state index in [-0.39, 0.29) is 12.5 Å². The fraction of sp³-hybridized carbons (Fsp3) is 0.625. The molecule has 1 aliphatic carbocycles. The molecule has 1 amide bonds. The summed E-state index contributed by atoms with van der Waals surface area (Å²) in [4.78, 5) is 19.0. The molecule has 2 N–H and O–H groups in total. The van der Waals surface area contributed by atoms with Gasteiger partial charge in [0.2, 0.25) is 0 Å². The van der Waals surface area contributed by atoms with E-state index in [4.69, 9.17) is 5.11 Å². The molecule has 0 aliphatic heterocycles. The number of aromatic nitrogens is 1. The quantitative estimate of drug-likeness (QED) is 0.771. The van der Waals surface area contributed by atoms with Crippen LogP contribution >= 0.6 is 0 Å². The molecule has 21 heavy (non-hydrogen) atoms. The van der Waals surface area contributed by atoms with E-state index < -0.39 is 0 Å². The number of carbonyl (C=O) groups excluding carboxylic acids is 1. The van der Waals surface area contributed by atoms with Crippen LogP contribution in [0.3, 0.4) is 0 Å². The first kappa shape index (κ1) is 15.8. The van der Waals surface area contributed by atoms with Crippen molar-refractivity contribution in [1.29, 1.82) is 0 Å². The lowest BCUT2D eigenvalue weighted by atomic mass is 9.91. The van der Waals surface area contributed by atoms with Gasteiger partial charge in [-0.1, -0.05) is 6.92 Å². The number of hydrogen-bond donors (Lipinski definition) is 2. The molecule has 1 aliphatic rings. The van der Waals surface area contributed by atoms with Gasteiger partial charge >= 0.3 is 0 Å².